The van der Waals surface area contributed by atoms with Crippen molar-refractivity contribution in [3.05, 3.63) is 0 Å². The second kappa shape index (κ2) is 7.97. The zero-order chi connectivity index (χ0) is 30.3. The van der Waals surface area contributed by atoms with Crippen LogP contribution in [0.5, 0.6) is 0 Å². The maximum Gasteiger partial charge on any atom is 0.176 e. The highest BCUT2D eigenvalue weighted by Crippen LogP contribution is 2.58. The van der Waals surface area contributed by atoms with E-state index in [4.69, 9.17) is 0 Å². The monoisotopic (exact) mass is 632 g/mol. The molecule has 4 heterocycles. The second-order valence-corrected chi connectivity index (χ2v) is 24.6. The van der Waals surface area contributed by atoms with E-state index in [2.05, 4.69) is 0 Å². The van der Waals surface area contributed by atoms with E-state index in [1.54, 1.807) is 0 Å². The van der Waals surface area contributed by atoms with Gasteiger partial charge < -0.3 is 0 Å². The lowest BCUT2D eigenvalue weighted by Gasteiger charge is -2.59. The number of nitrogens with zero attached hydrogens (tertiary/aromatic N) is 2. The predicted octanol–water partition coefficient (Wildman–Crippen LogP) is 1.05. The van der Waals surface area contributed by atoms with E-state index in [0.29, 0.717) is 10.1 Å². The molecule has 0 aromatic carbocycles. The molecule has 0 unspecified atom stereocenters. The molecule has 4 aliphatic heterocycles. The first-order valence-electron chi connectivity index (χ1n) is 12.8. The van der Waals surface area contributed by atoms with Gasteiger partial charge in [0.05, 0.1) is 23.0 Å². The molecular formula is C23H40N2O10S4. The van der Waals surface area contributed by atoms with Gasteiger partial charge in [-0.1, -0.05) is 0 Å². The Bertz CT molecular complexity index is 1290. The largest absolute Gasteiger partial charge is 0.227 e. The molecule has 0 bridgehead atoms. The molecule has 0 amide bonds. The van der Waals surface area contributed by atoms with Crippen LogP contribution in [0, 0.1) is 5.41 Å². The van der Waals surface area contributed by atoms with Crippen LogP contribution >= 0.6 is 0 Å². The van der Waals surface area contributed by atoms with E-state index >= 15 is 0 Å². The smallest absolute Gasteiger partial charge is 0.176 e. The van der Waals surface area contributed by atoms with Gasteiger partial charge in [-0.25, -0.2) is 33.7 Å². The first-order chi connectivity index (χ1) is 17.0. The third kappa shape index (κ3) is 4.13. The lowest BCUT2D eigenvalue weighted by atomic mass is 9.81. The lowest BCUT2D eigenvalue weighted by Crippen LogP contribution is -2.75. The lowest BCUT2D eigenvalue weighted by molar-refractivity contribution is -0.288. The van der Waals surface area contributed by atoms with E-state index in [0.717, 1.165) is 0 Å². The molecule has 39 heavy (non-hydrogen) atoms. The maximum absolute atomic E-state index is 14.0. The Morgan fingerprint density at radius 3 is 0.769 bits per heavy atom. The quantitative estimate of drug-likeness (QED) is 0.374. The van der Waals surface area contributed by atoms with Crippen molar-refractivity contribution in [2.24, 2.45) is 5.41 Å². The van der Waals surface area contributed by atoms with Crippen molar-refractivity contribution in [1.29, 1.82) is 0 Å². The Hall–Kier alpha value is -0.360. The van der Waals surface area contributed by atoms with E-state index in [1.165, 1.54) is 55.4 Å². The molecule has 16 heteroatoms. The van der Waals surface area contributed by atoms with Gasteiger partial charge >= 0.3 is 0 Å². The minimum atomic E-state index is -4.67. The average Bonchev–Trinajstić information content (AvgIpc) is 2.65. The van der Waals surface area contributed by atoms with Gasteiger partial charge in [-0.3, -0.25) is 0 Å². The van der Waals surface area contributed by atoms with Crippen LogP contribution in [0.15, 0.2) is 0 Å². The SMILES string of the molecule is CC1(C)CC2(CC(C)(C)N1[O])S(=O)(=O)CC1(CS2(=O)=O)CS(=O)(=O)C2(CC(C)(C)N([O])C(C)(C)C2)S(=O)(=O)C1. The molecule has 4 rings (SSSR count). The predicted molar refractivity (Wildman–Crippen MR) is 143 cm³/mol. The van der Waals surface area contributed by atoms with Gasteiger partial charge in [-0.2, -0.15) is 0 Å². The summed E-state index contributed by atoms with van der Waals surface area (Å²) in [5.74, 6) is -3.78. The summed E-state index contributed by atoms with van der Waals surface area (Å²) in [6, 6.07) is 0. The van der Waals surface area contributed by atoms with Gasteiger partial charge in [0.2, 0.25) is 0 Å². The fourth-order valence-corrected chi connectivity index (χ4v) is 23.0. The van der Waals surface area contributed by atoms with Crippen molar-refractivity contribution in [2.45, 2.75) is 111 Å². The molecule has 4 aliphatic rings. The van der Waals surface area contributed by atoms with Gasteiger partial charge in [0.15, 0.2) is 47.5 Å². The zero-order valence-electron chi connectivity index (χ0n) is 23.8. The minimum absolute atomic E-state index is 0.515. The molecule has 226 valence electrons. The Morgan fingerprint density at radius 2 is 0.590 bits per heavy atom. The highest BCUT2D eigenvalue weighted by molar-refractivity contribution is 8.12. The van der Waals surface area contributed by atoms with Gasteiger partial charge in [0, 0.05) is 53.3 Å². The highest BCUT2D eigenvalue weighted by Gasteiger charge is 2.75. The summed E-state index contributed by atoms with van der Waals surface area (Å²) >= 11 is 0. The van der Waals surface area contributed by atoms with Crippen molar-refractivity contribution in [3.8, 4) is 0 Å². The molecule has 0 atom stereocenters. The number of hydroxylamine groups is 4. The van der Waals surface area contributed by atoms with E-state index < -0.39 is 124 Å². The summed E-state index contributed by atoms with van der Waals surface area (Å²) in [4.78, 5) is 0. The first-order valence-corrected chi connectivity index (χ1v) is 19.4. The van der Waals surface area contributed by atoms with Crippen molar-refractivity contribution < 1.29 is 44.1 Å². The van der Waals surface area contributed by atoms with Crippen LogP contribution in [0.3, 0.4) is 0 Å². The zero-order valence-corrected chi connectivity index (χ0v) is 27.0. The molecule has 2 radical (unpaired) electrons. The Morgan fingerprint density at radius 1 is 0.410 bits per heavy atom. The Kier molecular flexibility index (Phi) is 6.45. The topological polar surface area (TPSA) is 183 Å². The summed E-state index contributed by atoms with van der Waals surface area (Å²) in [6.45, 7) is 11.7. The van der Waals surface area contributed by atoms with Crippen LogP contribution < -0.4 is 0 Å². The molecule has 0 aromatic rings. The van der Waals surface area contributed by atoms with Crippen molar-refractivity contribution in [3.63, 3.8) is 0 Å². The molecule has 0 saturated carbocycles. The minimum Gasteiger partial charge on any atom is -0.227 e. The number of piperidine rings is 2. The summed E-state index contributed by atoms with van der Waals surface area (Å²) in [7, 11) is -18.7. The summed E-state index contributed by atoms with van der Waals surface area (Å²) in [5.41, 5.74) is -7.58. The fraction of sp³-hybridized carbons (Fsp3) is 1.00. The van der Waals surface area contributed by atoms with Crippen molar-refractivity contribution in [2.75, 3.05) is 23.0 Å². The van der Waals surface area contributed by atoms with Crippen LogP contribution in [0.1, 0.15) is 81.1 Å². The van der Waals surface area contributed by atoms with Gasteiger partial charge in [-0.05, 0) is 55.4 Å². The highest BCUT2D eigenvalue weighted by atomic mass is 32.3. The maximum atomic E-state index is 14.0. The first kappa shape index (κ1) is 31.6. The van der Waals surface area contributed by atoms with E-state index in [-0.39, 0.29) is 0 Å². The van der Waals surface area contributed by atoms with Crippen molar-refractivity contribution >= 4 is 39.3 Å². The Balaban J connectivity index is 1.86. The number of rotatable bonds is 0. The van der Waals surface area contributed by atoms with Gasteiger partial charge in [-0.15, -0.1) is 20.5 Å². The summed E-state index contributed by atoms with van der Waals surface area (Å²) < 4.78 is 108. The molecule has 4 fully saturated rings. The van der Waals surface area contributed by atoms with E-state index in [9.17, 15) is 44.1 Å². The van der Waals surface area contributed by atoms with Crippen LogP contribution in [0.2, 0.25) is 0 Å². The molecule has 0 N–H and O–H groups in total. The van der Waals surface area contributed by atoms with Crippen LogP contribution in [0.4, 0.5) is 0 Å². The van der Waals surface area contributed by atoms with E-state index in [1.807, 2.05) is 0 Å². The van der Waals surface area contributed by atoms with Gasteiger partial charge in [0.25, 0.3) is 0 Å². The third-order valence-corrected chi connectivity index (χ3v) is 22.0. The van der Waals surface area contributed by atoms with Gasteiger partial charge in [0.1, 0.15) is 0 Å². The number of hydrogen-bond donors (Lipinski definition) is 0. The molecule has 12 nitrogen and oxygen atoms in total. The van der Waals surface area contributed by atoms with Crippen LogP contribution in [-0.4, -0.2) is 97.1 Å². The van der Waals surface area contributed by atoms with Crippen LogP contribution in [-0.2, 0) is 49.8 Å². The average molecular weight is 633 g/mol. The van der Waals surface area contributed by atoms with Crippen LogP contribution in [0.25, 0.3) is 0 Å². The Labute approximate surface area is 232 Å². The molecular weight excluding hydrogens is 593 g/mol. The fourth-order valence-electron chi connectivity index (χ4n) is 8.34. The third-order valence-electron chi connectivity index (χ3n) is 9.26. The summed E-state index contributed by atoms with van der Waals surface area (Å²) in [6.07, 6.45) is -2.06. The molecule has 3 spiro atoms. The molecule has 4 saturated heterocycles. The molecule has 0 aromatic heterocycles. The van der Waals surface area contributed by atoms with Crippen molar-refractivity contribution in [1.82, 2.24) is 10.1 Å². The number of hydrogen-bond acceptors (Lipinski definition) is 10. The number of sulfone groups is 4. The summed E-state index contributed by atoms with van der Waals surface area (Å²) in [5, 5.41) is 27.2. The standard InChI is InChI=1S/C23H40N2O10S4/c1-17(2)9-22(10-18(3,4)24(17)26)36(28,29)13-21(14-37(22,30)31)15-38(32,33)23(39(34,35)16-21)11-19(5,6)25(27)20(7,8)12-23/h9-16H2,1-8H3. The molecule has 0 aliphatic carbocycles. The normalized spacial score (nSPS) is 35.9. The second-order valence-electron chi connectivity index (χ2n) is 14.9.